The van der Waals surface area contributed by atoms with Gasteiger partial charge in [0.1, 0.15) is 0 Å². The molecule has 0 aliphatic heterocycles. The van der Waals surface area contributed by atoms with Crippen LogP contribution in [0, 0.1) is 5.92 Å². The number of aliphatic hydroxyl groups is 1. The standard InChI is InChI=1S/C16H24O/c1-2-14-10-12-16(17,13-14)11-6-9-15-7-4-3-5-8-15/h3-5,7-8,14,17H,2,6,9-13H2,1H3. The van der Waals surface area contributed by atoms with E-state index in [2.05, 4.69) is 37.3 Å². The third kappa shape index (κ3) is 3.57. The molecule has 0 aromatic heterocycles. The van der Waals surface area contributed by atoms with Crippen LogP contribution in [0.4, 0.5) is 0 Å². The van der Waals surface area contributed by atoms with Crippen molar-refractivity contribution in [3.8, 4) is 0 Å². The van der Waals surface area contributed by atoms with Crippen LogP contribution in [0.15, 0.2) is 30.3 Å². The molecule has 2 rings (SSSR count). The number of aryl methyl sites for hydroxylation is 1. The predicted molar refractivity (Wildman–Crippen MR) is 72.0 cm³/mol. The van der Waals surface area contributed by atoms with Gasteiger partial charge >= 0.3 is 0 Å². The third-order valence-electron chi connectivity index (χ3n) is 4.21. The second-order valence-corrected chi connectivity index (χ2v) is 5.58. The van der Waals surface area contributed by atoms with E-state index in [4.69, 9.17) is 0 Å². The van der Waals surface area contributed by atoms with Gasteiger partial charge in [-0.2, -0.15) is 0 Å². The lowest BCUT2D eigenvalue weighted by molar-refractivity contribution is 0.0326. The van der Waals surface area contributed by atoms with E-state index in [1.807, 2.05) is 0 Å². The van der Waals surface area contributed by atoms with Gasteiger partial charge in [-0.05, 0) is 50.0 Å². The lowest BCUT2D eigenvalue weighted by Crippen LogP contribution is -2.24. The zero-order valence-corrected chi connectivity index (χ0v) is 10.9. The Bertz CT molecular complexity index is 333. The van der Waals surface area contributed by atoms with E-state index in [1.165, 1.54) is 18.4 Å². The summed E-state index contributed by atoms with van der Waals surface area (Å²) in [4.78, 5) is 0. The molecule has 0 saturated heterocycles. The summed E-state index contributed by atoms with van der Waals surface area (Å²) in [7, 11) is 0. The van der Waals surface area contributed by atoms with Crippen LogP contribution in [0.2, 0.25) is 0 Å². The highest BCUT2D eigenvalue weighted by molar-refractivity contribution is 5.14. The molecule has 17 heavy (non-hydrogen) atoms. The zero-order valence-electron chi connectivity index (χ0n) is 10.9. The van der Waals surface area contributed by atoms with Gasteiger partial charge in [0.05, 0.1) is 5.60 Å². The number of benzene rings is 1. The molecule has 0 heterocycles. The van der Waals surface area contributed by atoms with Crippen LogP contribution in [-0.2, 0) is 6.42 Å². The van der Waals surface area contributed by atoms with Crippen molar-refractivity contribution in [2.24, 2.45) is 5.92 Å². The molecule has 1 nitrogen and oxygen atoms in total. The lowest BCUT2D eigenvalue weighted by Gasteiger charge is -2.22. The molecule has 94 valence electrons. The molecule has 0 spiro atoms. The van der Waals surface area contributed by atoms with Gasteiger partial charge in [0, 0.05) is 0 Å². The summed E-state index contributed by atoms with van der Waals surface area (Å²) >= 11 is 0. The minimum atomic E-state index is -0.352. The summed E-state index contributed by atoms with van der Waals surface area (Å²) in [5, 5.41) is 10.5. The molecule has 1 N–H and O–H groups in total. The van der Waals surface area contributed by atoms with Crippen LogP contribution < -0.4 is 0 Å². The topological polar surface area (TPSA) is 20.2 Å². The van der Waals surface area contributed by atoms with Crippen molar-refractivity contribution in [3.05, 3.63) is 35.9 Å². The Labute approximate surface area is 105 Å². The molecule has 1 aromatic carbocycles. The molecule has 1 aliphatic carbocycles. The summed E-state index contributed by atoms with van der Waals surface area (Å²) in [6.07, 6.45) is 7.66. The monoisotopic (exact) mass is 232 g/mol. The van der Waals surface area contributed by atoms with Gasteiger partial charge in [0.25, 0.3) is 0 Å². The van der Waals surface area contributed by atoms with E-state index >= 15 is 0 Å². The minimum Gasteiger partial charge on any atom is -0.390 e. The molecule has 1 saturated carbocycles. The molecule has 0 bridgehead atoms. The van der Waals surface area contributed by atoms with Crippen molar-refractivity contribution in [1.29, 1.82) is 0 Å². The van der Waals surface area contributed by atoms with Crippen LogP contribution in [0.25, 0.3) is 0 Å². The van der Waals surface area contributed by atoms with Gasteiger partial charge in [-0.15, -0.1) is 0 Å². The first-order chi connectivity index (χ1) is 8.22. The molecular weight excluding hydrogens is 208 g/mol. The van der Waals surface area contributed by atoms with Crippen LogP contribution >= 0.6 is 0 Å². The summed E-state index contributed by atoms with van der Waals surface area (Å²) in [6, 6.07) is 10.6. The van der Waals surface area contributed by atoms with Crippen LogP contribution in [0.1, 0.15) is 51.0 Å². The van der Waals surface area contributed by atoms with E-state index < -0.39 is 0 Å². The van der Waals surface area contributed by atoms with Crippen molar-refractivity contribution in [2.75, 3.05) is 0 Å². The Morgan fingerprint density at radius 3 is 2.71 bits per heavy atom. The maximum absolute atomic E-state index is 10.5. The quantitative estimate of drug-likeness (QED) is 0.815. The Balaban J connectivity index is 1.75. The molecule has 0 radical (unpaired) electrons. The summed E-state index contributed by atoms with van der Waals surface area (Å²) in [6.45, 7) is 2.24. The molecular formula is C16H24O. The van der Waals surface area contributed by atoms with E-state index in [1.54, 1.807) is 0 Å². The Hall–Kier alpha value is -0.820. The minimum absolute atomic E-state index is 0.352. The highest BCUT2D eigenvalue weighted by Crippen LogP contribution is 2.39. The van der Waals surface area contributed by atoms with Gasteiger partial charge in [0.15, 0.2) is 0 Å². The van der Waals surface area contributed by atoms with Crippen LogP contribution in [0.3, 0.4) is 0 Å². The van der Waals surface area contributed by atoms with Crippen molar-refractivity contribution < 1.29 is 5.11 Å². The van der Waals surface area contributed by atoms with Gasteiger partial charge in [0.2, 0.25) is 0 Å². The van der Waals surface area contributed by atoms with Gasteiger partial charge in [-0.25, -0.2) is 0 Å². The van der Waals surface area contributed by atoms with E-state index in [9.17, 15) is 5.11 Å². The maximum Gasteiger partial charge on any atom is 0.0650 e. The fraction of sp³-hybridized carbons (Fsp3) is 0.625. The Kier molecular flexibility index (Phi) is 4.22. The highest BCUT2D eigenvalue weighted by Gasteiger charge is 2.35. The molecule has 1 heteroatoms. The largest absolute Gasteiger partial charge is 0.390 e. The average Bonchev–Trinajstić information content (AvgIpc) is 2.73. The molecule has 1 aliphatic rings. The molecule has 1 aromatic rings. The van der Waals surface area contributed by atoms with Crippen LogP contribution in [0.5, 0.6) is 0 Å². The third-order valence-corrected chi connectivity index (χ3v) is 4.21. The average molecular weight is 232 g/mol. The normalized spacial score (nSPS) is 28.5. The Morgan fingerprint density at radius 1 is 1.29 bits per heavy atom. The van der Waals surface area contributed by atoms with Crippen molar-refractivity contribution in [2.45, 2.75) is 57.5 Å². The number of hydrogen-bond donors (Lipinski definition) is 1. The molecule has 2 atom stereocenters. The van der Waals surface area contributed by atoms with E-state index in [-0.39, 0.29) is 5.60 Å². The fourth-order valence-corrected chi connectivity index (χ4v) is 3.06. The first kappa shape index (κ1) is 12.6. The number of rotatable bonds is 5. The van der Waals surface area contributed by atoms with Crippen molar-refractivity contribution in [3.63, 3.8) is 0 Å². The van der Waals surface area contributed by atoms with Crippen LogP contribution in [-0.4, -0.2) is 10.7 Å². The first-order valence-electron chi connectivity index (χ1n) is 6.98. The van der Waals surface area contributed by atoms with Gasteiger partial charge in [-0.1, -0.05) is 43.7 Å². The zero-order chi connectivity index (χ0) is 12.1. The second kappa shape index (κ2) is 5.68. The summed E-state index contributed by atoms with van der Waals surface area (Å²) in [5.41, 5.74) is 1.04. The van der Waals surface area contributed by atoms with Crippen molar-refractivity contribution in [1.82, 2.24) is 0 Å². The molecule has 0 amide bonds. The van der Waals surface area contributed by atoms with Gasteiger partial charge in [-0.3, -0.25) is 0 Å². The summed E-state index contributed by atoms with van der Waals surface area (Å²) < 4.78 is 0. The lowest BCUT2D eigenvalue weighted by atomic mass is 9.92. The Morgan fingerprint density at radius 2 is 2.06 bits per heavy atom. The fourth-order valence-electron chi connectivity index (χ4n) is 3.06. The number of hydrogen-bond acceptors (Lipinski definition) is 1. The molecule has 1 fully saturated rings. The maximum atomic E-state index is 10.5. The first-order valence-corrected chi connectivity index (χ1v) is 6.98. The highest BCUT2D eigenvalue weighted by atomic mass is 16.3. The molecule has 2 unspecified atom stereocenters. The predicted octanol–water partition coefficient (Wildman–Crippen LogP) is 3.95. The smallest absolute Gasteiger partial charge is 0.0650 e. The summed E-state index contributed by atoms with van der Waals surface area (Å²) in [5.74, 6) is 0.761. The second-order valence-electron chi connectivity index (χ2n) is 5.58. The van der Waals surface area contributed by atoms with Gasteiger partial charge < -0.3 is 5.11 Å². The van der Waals surface area contributed by atoms with Crippen molar-refractivity contribution >= 4 is 0 Å². The van der Waals surface area contributed by atoms with E-state index in [0.717, 1.165) is 38.0 Å². The van der Waals surface area contributed by atoms with E-state index in [0.29, 0.717) is 0 Å². The SMILES string of the molecule is CCC1CCC(O)(CCCc2ccccc2)C1.